The van der Waals surface area contributed by atoms with Gasteiger partial charge in [0.05, 0.1) is 6.04 Å². The molecule has 1 atom stereocenters. The molecule has 0 heterocycles. The molecule has 0 aliphatic rings. The van der Waals surface area contributed by atoms with Crippen LogP contribution in [0.2, 0.25) is 5.02 Å². The zero-order valence-corrected chi connectivity index (χ0v) is 14.0. The van der Waals surface area contributed by atoms with Crippen LogP contribution < -0.4 is 5.73 Å². The van der Waals surface area contributed by atoms with Crippen molar-refractivity contribution in [1.82, 2.24) is 4.90 Å². The summed E-state index contributed by atoms with van der Waals surface area (Å²) in [7, 11) is 1.92. The van der Waals surface area contributed by atoms with Crippen LogP contribution in [0, 0.1) is 5.82 Å². The first kappa shape index (κ1) is 16.4. The van der Waals surface area contributed by atoms with Crippen LogP contribution in [0.4, 0.5) is 4.39 Å². The Morgan fingerprint density at radius 3 is 2.62 bits per heavy atom. The van der Waals surface area contributed by atoms with E-state index in [9.17, 15) is 4.39 Å². The molecule has 112 valence electrons. The minimum absolute atomic E-state index is 0.266. The largest absolute Gasteiger partial charge is 0.329 e. The van der Waals surface area contributed by atoms with E-state index < -0.39 is 0 Å². The van der Waals surface area contributed by atoms with E-state index in [4.69, 9.17) is 17.3 Å². The molecule has 2 aromatic rings. The Balaban J connectivity index is 2.25. The van der Waals surface area contributed by atoms with E-state index in [0.29, 0.717) is 23.7 Å². The van der Waals surface area contributed by atoms with Crippen LogP contribution in [-0.4, -0.2) is 18.5 Å². The van der Waals surface area contributed by atoms with Gasteiger partial charge in [-0.3, -0.25) is 4.90 Å². The van der Waals surface area contributed by atoms with Gasteiger partial charge in [-0.15, -0.1) is 0 Å². The summed E-state index contributed by atoms with van der Waals surface area (Å²) in [5, 5.41) is 0.409. The molecule has 0 saturated heterocycles. The van der Waals surface area contributed by atoms with Gasteiger partial charge in [0.2, 0.25) is 0 Å². The second-order valence-corrected chi connectivity index (χ2v) is 6.25. The van der Waals surface area contributed by atoms with Gasteiger partial charge >= 0.3 is 0 Å². The molecule has 0 bridgehead atoms. The number of halogens is 3. The normalized spacial score (nSPS) is 12.7. The second-order valence-electron chi connectivity index (χ2n) is 4.93. The van der Waals surface area contributed by atoms with Crippen molar-refractivity contribution in [3.05, 3.63) is 68.9 Å². The maximum atomic E-state index is 14.1. The molecule has 0 aliphatic heterocycles. The lowest BCUT2D eigenvalue weighted by atomic mass is 10.0. The van der Waals surface area contributed by atoms with Crippen LogP contribution in [0.15, 0.2) is 46.9 Å². The summed E-state index contributed by atoms with van der Waals surface area (Å²) >= 11 is 9.60. The minimum atomic E-state index is -0.320. The summed E-state index contributed by atoms with van der Waals surface area (Å²) in [6.45, 7) is 0.955. The summed E-state index contributed by atoms with van der Waals surface area (Å²) in [5.41, 5.74) is 7.43. The molecule has 2 rings (SSSR count). The molecule has 0 aliphatic carbocycles. The predicted molar refractivity (Wildman–Crippen MR) is 88.8 cm³/mol. The number of likely N-dealkylation sites (N-methyl/N-ethyl adjacent to an activating group) is 1. The van der Waals surface area contributed by atoms with Crippen LogP contribution in [-0.2, 0) is 6.54 Å². The molecule has 0 spiro atoms. The van der Waals surface area contributed by atoms with Gasteiger partial charge in [-0.1, -0.05) is 45.7 Å². The number of rotatable bonds is 5. The Morgan fingerprint density at radius 1 is 1.29 bits per heavy atom. The quantitative estimate of drug-likeness (QED) is 0.845. The molecule has 5 heteroatoms. The van der Waals surface area contributed by atoms with E-state index in [1.807, 2.05) is 36.2 Å². The second kappa shape index (κ2) is 7.36. The topological polar surface area (TPSA) is 29.3 Å². The van der Waals surface area contributed by atoms with Gasteiger partial charge in [-0.05, 0) is 36.9 Å². The van der Waals surface area contributed by atoms with Crippen molar-refractivity contribution in [2.45, 2.75) is 12.6 Å². The number of nitrogens with zero attached hydrogens (tertiary/aromatic N) is 1. The summed E-state index contributed by atoms with van der Waals surface area (Å²) in [6.07, 6.45) is 0. The third kappa shape index (κ3) is 4.04. The van der Waals surface area contributed by atoms with Crippen LogP contribution >= 0.6 is 27.5 Å². The lowest BCUT2D eigenvalue weighted by Gasteiger charge is -2.28. The molecule has 0 aromatic heterocycles. The third-order valence-electron chi connectivity index (χ3n) is 3.41. The highest BCUT2D eigenvalue weighted by atomic mass is 79.9. The lowest BCUT2D eigenvalue weighted by molar-refractivity contribution is 0.237. The average Bonchev–Trinajstić information content (AvgIpc) is 2.43. The van der Waals surface area contributed by atoms with Crippen molar-refractivity contribution in [1.29, 1.82) is 0 Å². The van der Waals surface area contributed by atoms with Crippen LogP contribution in [0.3, 0.4) is 0 Å². The van der Waals surface area contributed by atoms with Gasteiger partial charge in [0.25, 0.3) is 0 Å². The average molecular weight is 372 g/mol. The smallest absolute Gasteiger partial charge is 0.129 e. The Hall–Kier alpha value is -0.940. The standard InChI is InChI=1S/C16H17BrClFN2/c1-21(10-11-4-2-5-12(17)8-11)15(9-20)16-13(18)6-3-7-14(16)19/h2-8,15H,9-10,20H2,1H3. The first-order valence-corrected chi connectivity index (χ1v) is 7.78. The Kier molecular flexibility index (Phi) is 5.76. The van der Waals surface area contributed by atoms with Gasteiger partial charge in [0.1, 0.15) is 5.82 Å². The third-order valence-corrected chi connectivity index (χ3v) is 4.23. The molecule has 0 radical (unpaired) electrons. The van der Waals surface area contributed by atoms with Crippen molar-refractivity contribution in [2.24, 2.45) is 5.73 Å². The minimum Gasteiger partial charge on any atom is -0.329 e. The maximum Gasteiger partial charge on any atom is 0.129 e. The van der Waals surface area contributed by atoms with Crippen molar-refractivity contribution in [3.8, 4) is 0 Å². The van der Waals surface area contributed by atoms with E-state index in [1.54, 1.807) is 12.1 Å². The van der Waals surface area contributed by atoms with Gasteiger partial charge in [0, 0.05) is 28.1 Å². The van der Waals surface area contributed by atoms with Crippen molar-refractivity contribution < 1.29 is 4.39 Å². The van der Waals surface area contributed by atoms with Crippen LogP contribution in [0.25, 0.3) is 0 Å². The van der Waals surface area contributed by atoms with Gasteiger partial charge in [-0.25, -0.2) is 4.39 Å². The van der Waals surface area contributed by atoms with Gasteiger partial charge in [-0.2, -0.15) is 0 Å². The Bertz CT molecular complexity index is 601. The molecule has 1 unspecified atom stereocenters. The van der Waals surface area contributed by atoms with E-state index in [-0.39, 0.29) is 11.9 Å². The molecule has 21 heavy (non-hydrogen) atoms. The SMILES string of the molecule is CN(Cc1cccc(Br)c1)C(CN)c1c(F)cccc1Cl. The van der Waals surface area contributed by atoms with Crippen molar-refractivity contribution in [3.63, 3.8) is 0 Å². The zero-order chi connectivity index (χ0) is 15.4. The highest BCUT2D eigenvalue weighted by Crippen LogP contribution is 2.29. The molecule has 0 amide bonds. The van der Waals surface area contributed by atoms with Crippen LogP contribution in [0.5, 0.6) is 0 Å². The van der Waals surface area contributed by atoms with E-state index in [2.05, 4.69) is 15.9 Å². The lowest BCUT2D eigenvalue weighted by Crippen LogP contribution is -2.31. The summed E-state index contributed by atoms with van der Waals surface area (Å²) < 4.78 is 15.1. The predicted octanol–water partition coefficient (Wildman–Crippen LogP) is 4.37. The highest BCUT2D eigenvalue weighted by Gasteiger charge is 2.22. The molecule has 2 aromatic carbocycles. The summed E-state index contributed by atoms with van der Waals surface area (Å²) in [4.78, 5) is 2.01. The van der Waals surface area contributed by atoms with E-state index in [1.165, 1.54) is 6.07 Å². The van der Waals surface area contributed by atoms with Gasteiger partial charge < -0.3 is 5.73 Å². The van der Waals surface area contributed by atoms with Crippen molar-refractivity contribution >= 4 is 27.5 Å². The van der Waals surface area contributed by atoms with Crippen LogP contribution in [0.1, 0.15) is 17.2 Å². The Morgan fingerprint density at radius 2 is 2.00 bits per heavy atom. The highest BCUT2D eigenvalue weighted by molar-refractivity contribution is 9.10. The Labute approximate surface area is 137 Å². The number of nitrogens with two attached hydrogens (primary N) is 1. The van der Waals surface area contributed by atoms with E-state index in [0.717, 1.165) is 10.0 Å². The number of benzene rings is 2. The molecule has 2 N–H and O–H groups in total. The number of hydrogen-bond donors (Lipinski definition) is 1. The maximum absolute atomic E-state index is 14.1. The molecular weight excluding hydrogens is 355 g/mol. The molecule has 0 fully saturated rings. The fourth-order valence-electron chi connectivity index (χ4n) is 2.38. The van der Waals surface area contributed by atoms with Crippen molar-refractivity contribution in [2.75, 3.05) is 13.6 Å². The fourth-order valence-corrected chi connectivity index (χ4v) is 3.12. The monoisotopic (exact) mass is 370 g/mol. The molecule has 2 nitrogen and oxygen atoms in total. The first-order valence-electron chi connectivity index (χ1n) is 6.61. The summed E-state index contributed by atoms with van der Waals surface area (Å²) in [5.74, 6) is -0.320. The summed E-state index contributed by atoms with van der Waals surface area (Å²) in [6, 6.07) is 12.4. The van der Waals surface area contributed by atoms with Gasteiger partial charge in [0.15, 0.2) is 0 Å². The molecule has 0 saturated carbocycles. The fraction of sp³-hybridized carbons (Fsp3) is 0.250. The molecular formula is C16H17BrClFN2. The van der Waals surface area contributed by atoms with E-state index >= 15 is 0 Å². The first-order chi connectivity index (χ1) is 10.0. The number of hydrogen-bond acceptors (Lipinski definition) is 2. The zero-order valence-electron chi connectivity index (χ0n) is 11.7.